The van der Waals surface area contributed by atoms with Crippen LogP contribution in [0.4, 0.5) is 0 Å². The van der Waals surface area contributed by atoms with E-state index >= 15 is 0 Å². The van der Waals surface area contributed by atoms with Crippen LogP contribution in [0.15, 0.2) is 73.8 Å². The van der Waals surface area contributed by atoms with Crippen molar-refractivity contribution in [3.05, 3.63) is 77.1 Å². The number of benzene rings is 1. The number of aliphatic hydroxyl groups is 2. The third-order valence-electron chi connectivity index (χ3n) is 20.0. The average Bonchev–Trinajstić information content (AvgIpc) is 1.53. The number of phosphoric acid groups is 1. The number of imidazole rings is 1. The van der Waals surface area contributed by atoms with Gasteiger partial charge in [-0.25, -0.2) is 4.98 Å². The zero-order valence-electron chi connectivity index (χ0n) is 53.6. The van der Waals surface area contributed by atoms with Crippen LogP contribution in [-0.4, -0.2) is 127 Å². The third kappa shape index (κ3) is 14.2. The van der Waals surface area contributed by atoms with Crippen molar-refractivity contribution in [1.82, 2.24) is 14.9 Å². The molecule has 0 spiro atoms. The number of amides is 7. The van der Waals surface area contributed by atoms with Crippen LogP contribution in [0.1, 0.15) is 145 Å². The van der Waals surface area contributed by atoms with Crippen LogP contribution < -0.4 is 44.6 Å². The van der Waals surface area contributed by atoms with Crippen molar-refractivity contribution in [2.24, 2.45) is 94.7 Å². The molecule has 503 valence electrons. The van der Waals surface area contributed by atoms with Gasteiger partial charge >= 0.3 is 0 Å². The number of aromatic nitrogens is 2. The maximum absolute atomic E-state index is 14.3. The van der Waals surface area contributed by atoms with Gasteiger partial charge in [-0.05, 0) is 107 Å². The normalized spacial score (nSPS) is 33.7. The summed E-state index contributed by atoms with van der Waals surface area (Å²) in [4.78, 5) is 128. The average molecular weight is 1330 g/mol. The summed E-state index contributed by atoms with van der Waals surface area (Å²) in [6.45, 7) is 17.0. The van der Waals surface area contributed by atoms with Gasteiger partial charge in [-0.1, -0.05) is 46.7 Å². The number of aliphatic hydroxyl groups excluding tert-OH is 2. The number of fused-ring (bicyclic) bond motifs is 7. The summed E-state index contributed by atoms with van der Waals surface area (Å²) in [6.07, 6.45) is -4.78. The van der Waals surface area contributed by atoms with Gasteiger partial charge in [0.25, 0.3) is 7.82 Å². The molecule has 1 radical (unpaired) electrons. The molecule has 91 heavy (non-hydrogen) atoms. The minimum absolute atomic E-state index is 0. The first-order chi connectivity index (χ1) is 41.4. The molecule has 6 aliphatic heterocycles. The number of nitrogens with one attached hydrogen (secondary N) is 1. The van der Waals surface area contributed by atoms with E-state index in [1.54, 1.807) is 13.0 Å². The van der Waals surface area contributed by atoms with E-state index in [1.165, 1.54) is 17.8 Å². The number of hydrogen-bond acceptors (Lipinski definition) is 18. The maximum atomic E-state index is 14.3. The number of carbonyl (C=O) groups is 7. The molecule has 15 atom stereocenters. The van der Waals surface area contributed by atoms with Crippen molar-refractivity contribution in [3.8, 4) is 0 Å². The zero-order valence-corrected chi connectivity index (χ0v) is 55.5. The van der Waals surface area contributed by atoms with Gasteiger partial charge in [0.05, 0.1) is 41.3 Å². The molecule has 1 unspecified atom stereocenters. The summed E-state index contributed by atoms with van der Waals surface area (Å²) in [5, 5.41) is 30.0. The van der Waals surface area contributed by atoms with Crippen molar-refractivity contribution in [2.45, 2.75) is 182 Å². The van der Waals surface area contributed by atoms with Crippen LogP contribution in [0.2, 0.25) is 0 Å². The van der Waals surface area contributed by atoms with Crippen LogP contribution in [0.5, 0.6) is 0 Å². The largest absolute Gasteiger partial charge is 0.756 e. The molecule has 27 nitrogen and oxygen atoms in total. The number of phosphoric ester groups is 1. The molecular formula is C62H89CoN13O14P-3. The second-order valence-corrected chi connectivity index (χ2v) is 27.9. The van der Waals surface area contributed by atoms with Crippen LogP contribution in [-0.2, 0) is 68.7 Å². The first-order valence-corrected chi connectivity index (χ1v) is 31.5. The number of aliphatic imine (C=N–C) groups is 3. The molecule has 7 heterocycles. The summed E-state index contributed by atoms with van der Waals surface area (Å²) in [5.74, 6) is -7.40. The number of ether oxygens (including phenoxy) is 1. The molecule has 0 saturated carbocycles. The Hall–Kier alpha value is -6.49. The molecule has 0 aliphatic carbocycles. The second-order valence-electron chi connectivity index (χ2n) is 26.6. The van der Waals surface area contributed by atoms with Gasteiger partial charge in [0.1, 0.15) is 18.3 Å². The van der Waals surface area contributed by atoms with Crippen molar-refractivity contribution < 1.29 is 83.8 Å². The molecule has 2 fully saturated rings. The van der Waals surface area contributed by atoms with Crippen LogP contribution in [0, 0.1) is 59.7 Å². The summed E-state index contributed by atoms with van der Waals surface area (Å²) >= 11 is 0. The summed E-state index contributed by atoms with van der Waals surface area (Å²) in [5.41, 5.74) is 35.6. The fourth-order valence-electron chi connectivity index (χ4n) is 15.2. The number of primary amides is 6. The SMILES string of the molecule is C/C1=C2/[N-][C@H]([C@H](CC(N)=O)[C@@]2(C)CCC(=O)NC[C@@H](C)OP(=O)([O-])O[C@H]2[C@@H](O)[C@@H](n3cnc4cc(C)ccc43)O[C@@H]2CO)[C@]2(C)N=C(/C(C)=C3N=C(/C=C4N=C1[C@@H](CCC(N)=O)C\4(C)C)[C@@H](CCC(N)=O)[C@]\3(C)CC(N)=O)[C@@H](CCC(N)=O)[C@]2(C)CC(N)=O.[CH3-].[Co]. The maximum Gasteiger partial charge on any atom is 0.268 e. The Labute approximate surface area is 540 Å². The molecule has 2 saturated heterocycles. The zero-order chi connectivity index (χ0) is 65.8. The van der Waals surface area contributed by atoms with Gasteiger partial charge in [-0.15, -0.1) is 0 Å². The molecular weight excluding hydrogens is 1240 g/mol. The Morgan fingerprint density at radius 2 is 1.42 bits per heavy atom. The minimum atomic E-state index is -5.31. The van der Waals surface area contributed by atoms with E-state index in [9.17, 15) is 53.2 Å². The fourth-order valence-corrected chi connectivity index (χ4v) is 16.3. The van der Waals surface area contributed by atoms with Crippen LogP contribution >= 0.6 is 7.82 Å². The number of rotatable bonds is 26. The van der Waals surface area contributed by atoms with Crippen molar-refractivity contribution >= 4 is 77.3 Å². The molecule has 15 N–H and O–H groups in total. The summed E-state index contributed by atoms with van der Waals surface area (Å²) in [7, 11) is -5.31. The predicted molar refractivity (Wildman–Crippen MR) is 333 cm³/mol. The summed E-state index contributed by atoms with van der Waals surface area (Å²) < 4.78 is 31.7. The molecule has 29 heteroatoms. The van der Waals surface area contributed by atoms with Crippen LogP contribution in [0.25, 0.3) is 16.4 Å². The van der Waals surface area contributed by atoms with Gasteiger partial charge < -0.3 is 85.9 Å². The smallest absolute Gasteiger partial charge is 0.268 e. The molecule has 8 rings (SSSR count). The first kappa shape index (κ1) is 73.6. The van der Waals surface area contributed by atoms with Crippen LogP contribution in [0.3, 0.4) is 0 Å². The van der Waals surface area contributed by atoms with Crippen molar-refractivity contribution in [3.63, 3.8) is 0 Å². The van der Waals surface area contributed by atoms with E-state index in [-0.39, 0.29) is 101 Å². The molecule has 1 aromatic heterocycles. The number of allylic oxidation sites excluding steroid dienone is 6. The van der Waals surface area contributed by atoms with Crippen molar-refractivity contribution in [1.29, 1.82) is 0 Å². The number of aryl methyl sites for hydroxylation is 1. The van der Waals surface area contributed by atoms with E-state index in [1.807, 2.05) is 73.6 Å². The molecule has 2 aromatic rings. The molecule has 8 bridgehead atoms. The predicted octanol–water partition coefficient (Wildman–Crippen LogP) is 3.45. The molecule has 7 amide bonds. The topological polar surface area (TPSA) is 465 Å². The van der Waals surface area contributed by atoms with Gasteiger partial charge in [0.15, 0.2) is 6.23 Å². The van der Waals surface area contributed by atoms with Gasteiger partial charge in [0, 0.05) is 125 Å². The van der Waals surface area contributed by atoms with Gasteiger partial charge in [0.2, 0.25) is 41.4 Å². The number of nitrogens with zero attached hydrogens (tertiary/aromatic N) is 6. The monoisotopic (exact) mass is 1330 g/mol. The standard InChI is InChI=1S/C61H88N13O14P.CH3.Co/c1-29-11-15-39-38(21-29)69-28-74(39)56-51(83)52(40(27-75)86-56)88-89(84,85)87-30(2)26-68-48(82)19-20-58(7)36(22-45(65)79)55-61(10)60(9,25-47(67)81)35(14-18-44(64)78)50(73-61)32(4)54-59(8,24-46(66)80)33(12-16-42(62)76)37(70-54)23-41-57(5,6)34(13-17-43(63)77)49(71-41)31(3)53(58)72-55;;/h11,15,21,23,28,30,33-36,40,51-52,55-56,75,83H,12-14,16-20,22,24-27H2,1-10H3,(H15,62,63,64,65,66,67,68,70,71,72,73,76,77,78,79,80,81,82,84,85);1H3;/q;-1;/p-2/t30-,33-,34-,35-,36+,40-,51-,52-,55-,56+,58-,59+,60+,61+;;/m1../s1. The van der Waals surface area contributed by atoms with E-state index in [0.717, 1.165) is 5.56 Å². The Morgan fingerprint density at radius 1 is 0.813 bits per heavy atom. The Morgan fingerprint density at radius 3 is 2.00 bits per heavy atom. The summed E-state index contributed by atoms with van der Waals surface area (Å²) in [6, 6.07) is 4.37. The number of hydrogen-bond donors (Lipinski definition) is 9. The minimum Gasteiger partial charge on any atom is -0.756 e. The number of nitrogens with two attached hydrogens (primary N) is 6. The van der Waals surface area contributed by atoms with Gasteiger partial charge in [-0.3, -0.25) is 53.1 Å². The second kappa shape index (κ2) is 27.6. The van der Waals surface area contributed by atoms with E-state index < -0.39 is 143 Å². The van der Waals surface area contributed by atoms with Crippen molar-refractivity contribution in [2.75, 3.05) is 13.2 Å². The van der Waals surface area contributed by atoms with E-state index in [2.05, 4.69) is 10.3 Å². The Balaban J connectivity index is 0.00000658. The van der Waals surface area contributed by atoms with Gasteiger partial charge in [-0.2, -0.15) is 5.70 Å². The fraction of sp³-hybridized carbons (Fsp3) is 0.613. The Bertz CT molecular complexity index is 3490. The molecule has 6 aliphatic rings. The first-order valence-electron chi connectivity index (χ1n) is 30.1. The quantitative estimate of drug-likeness (QED) is 0.0481. The third-order valence-corrected chi connectivity index (χ3v) is 21.1. The molecule has 1 aromatic carbocycles. The van der Waals surface area contributed by atoms with E-state index in [0.29, 0.717) is 56.4 Å². The Kier molecular flexibility index (Phi) is 22.3. The number of carbonyl (C=O) groups excluding carboxylic acids is 7. The van der Waals surface area contributed by atoms with E-state index in [4.69, 9.17) is 68.5 Å².